The lowest BCUT2D eigenvalue weighted by molar-refractivity contribution is -0.151. The van der Waals surface area contributed by atoms with Crippen LogP contribution < -0.4 is 11.1 Å². The Kier molecular flexibility index (Phi) is 11.5. The normalized spacial score (nSPS) is 15.1. The van der Waals surface area contributed by atoms with Crippen LogP contribution in [0.25, 0.3) is 0 Å². The summed E-state index contributed by atoms with van der Waals surface area (Å²) in [6.45, 7) is 3.82. The van der Waals surface area contributed by atoms with Crippen molar-refractivity contribution in [1.29, 1.82) is 0 Å². The standard InChI is InChI=1S/C26H36N4O7S/c1-15(2)14-18(27)25(35)30(19(22(32)28-3)11-12-21(31)37-4)26(36)20(38)10-7-13-29-23(33)16-8-5-6-9-17(16)24(29)34/h5-6,8-9,15,18-19,26,36H,7,10-14,27H2,1-4H3,(H,28,32)/t18-,19-,26?/m0/s1. The van der Waals surface area contributed by atoms with Crippen LogP contribution in [0.3, 0.4) is 0 Å². The van der Waals surface area contributed by atoms with E-state index in [2.05, 4.69) is 10.1 Å². The average molecular weight is 549 g/mol. The smallest absolute Gasteiger partial charge is 0.305 e. The number of likely N-dealkylation sites (N-methyl/N-ethyl adjacent to an activating group) is 1. The van der Waals surface area contributed by atoms with E-state index in [0.29, 0.717) is 17.5 Å². The summed E-state index contributed by atoms with van der Waals surface area (Å²) in [5.74, 6) is -2.63. The first-order valence-electron chi connectivity index (χ1n) is 12.5. The number of imide groups is 1. The Morgan fingerprint density at radius 1 is 1.13 bits per heavy atom. The average Bonchev–Trinajstić information content (AvgIpc) is 3.14. The van der Waals surface area contributed by atoms with Crippen LogP contribution in [0.15, 0.2) is 24.3 Å². The van der Waals surface area contributed by atoms with Crippen LogP contribution in [-0.4, -0.2) is 88.4 Å². The number of amides is 4. The summed E-state index contributed by atoms with van der Waals surface area (Å²) in [6.07, 6.45) is -1.37. The van der Waals surface area contributed by atoms with Gasteiger partial charge in [0.05, 0.1) is 24.3 Å². The van der Waals surface area contributed by atoms with E-state index in [9.17, 15) is 29.1 Å². The molecule has 1 aromatic carbocycles. The summed E-state index contributed by atoms with van der Waals surface area (Å²) in [5.41, 5.74) is 6.78. The number of carbonyl (C=O) groups excluding carboxylic acids is 5. The molecule has 3 atom stereocenters. The van der Waals surface area contributed by atoms with E-state index in [1.165, 1.54) is 14.2 Å². The first-order chi connectivity index (χ1) is 17.9. The molecule has 0 spiro atoms. The van der Waals surface area contributed by atoms with Crippen LogP contribution >= 0.6 is 12.2 Å². The zero-order chi connectivity index (χ0) is 28.6. The molecule has 0 saturated carbocycles. The van der Waals surface area contributed by atoms with Crippen molar-refractivity contribution < 1.29 is 33.8 Å². The second-order valence-electron chi connectivity index (χ2n) is 9.48. The molecule has 208 valence electrons. The highest BCUT2D eigenvalue weighted by molar-refractivity contribution is 7.80. The van der Waals surface area contributed by atoms with Crippen LogP contribution in [-0.2, 0) is 19.1 Å². The van der Waals surface area contributed by atoms with Gasteiger partial charge in [-0.05, 0) is 43.7 Å². The van der Waals surface area contributed by atoms with Crippen LogP contribution in [0.2, 0.25) is 0 Å². The monoisotopic (exact) mass is 548 g/mol. The van der Waals surface area contributed by atoms with E-state index in [-0.39, 0.29) is 43.0 Å². The van der Waals surface area contributed by atoms with Crippen molar-refractivity contribution >= 4 is 46.7 Å². The summed E-state index contributed by atoms with van der Waals surface area (Å²) in [5, 5.41) is 13.6. The summed E-state index contributed by atoms with van der Waals surface area (Å²) >= 11 is 5.42. The molecule has 38 heavy (non-hydrogen) atoms. The number of rotatable bonds is 14. The number of nitrogens with two attached hydrogens (primary N) is 1. The molecule has 12 heteroatoms. The third-order valence-electron chi connectivity index (χ3n) is 6.27. The lowest BCUT2D eigenvalue weighted by Crippen LogP contribution is -2.59. The van der Waals surface area contributed by atoms with Crippen molar-refractivity contribution in [3.05, 3.63) is 35.4 Å². The van der Waals surface area contributed by atoms with E-state index < -0.39 is 47.9 Å². The number of aliphatic hydroxyl groups is 1. The fraction of sp³-hybridized carbons (Fsp3) is 0.538. The largest absolute Gasteiger partial charge is 0.469 e. The molecule has 0 bridgehead atoms. The number of aliphatic hydroxyl groups excluding tert-OH is 1. The number of fused-ring (bicyclic) bond motifs is 1. The van der Waals surface area contributed by atoms with Crippen molar-refractivity contribution in [2.24, 2.45) is 11.7 Å². The highest BCUT2D eigenvalue weighted by Crippen LogP contribution is 2.23. The number of carbonyl (C=O) groups is 5. The first-order valence-corrected chi connectivity index (χ1v) is 12.9. The van der Waals surface area contributed by atoms with Crippen molar-refractivity contribution in [3.8, 4) is 0 Å². The van der Waals surface area contributed by atoms with Crippen molar-refractivity contribution in [2.45, 2.75) is 64.3 Å². The zero-order valence-electron chi connectivity index (χ0n) is 22.1. The maximum absolute atomic E-state index is 13.4. The van der Waals surface area contributed by atoms with Gasteiger partial charge in [-0.15, -0.1) is 0 Å². The Balaban J connectivity index is 2.19. The highest BCUT2D eigenvalue weighted by Gasteiger charge is 2.39. The van der Waals surface area contributed by atoms with Gasteiger partial charge in [-0.2, -0.15) is 0 Å². The van der Waals surface area contributed by atoms with Gasteiger partial charge in [0.2, 0.25) is 11.8 Å². The minimum atomic E-state index is -1.67. The number of esters is 1. The van der Waals surface area contributed by atoms with Gasteiger partial charge in [0.15, 0.2) is 6.23 Å². The molecule has 2 rings (SSSR count). The molecular weight excluding hydrogens is 512 g/mol. The van der Waals surface area contributed by atoms with Gasteiger partial charge < -0.3 is 20.9 Å². The number of ether oxygens (including phenoxy) is 1. The van der Waals surface area contributed by atoms with Crippen LogP contribution in [0.1, 0.15) is 66.7 Å². The Morgan fingerprint density at radius 2 is 1.71 bits per heavy atom. The minimum Gasteiger partial charge on any atom is -0.469 e. The van der Waals surface area contributed by atoms with Gasteiger partial charge in [-0.1, -0.05) is 38.2 Å². The molecule has 1 unspecified atom stereocenters. The third kappa shape index (κ3) is 7.42. The third-order valence-corrected chi connectivity index (χ3v) is 6.68. The molecule has 0 saturated heterocycles. The molecule has 11 nitrogen and oxygen atoms in total. The molecular formula is C26H36N4O7S. The quantitative estimate of drug-likeness (QED) is 0.133. The van der Waals surface area contributed by atoms with Gasteiger partial charge in [-0.3, -0.25) is 33.8 Å². The fourth-order valence-corrected chi connectivity index (χ4v) is 4.56. The molecule has 0 radical (unpaired) electrons. The van der Waals surface area contributed by atoms with Crippen molar-refractivity contribution in [2.75, 3.05) is 20.7 Å². The van der Waals surface area contributed by atoms with Crippen LogP contribution in [0, 0.1) is 5.92 Å². The number of hydrogen-bond donors (Lipinski definition) is 3. The number of hydrogen-bond acceptors (Lipinski definition) is 9. The van der Waals surface area contributed by atoms with E-state index in [4.69, 9.17) is 18.0 Å². The Labute approximate surface area is 227 Å². The summed E-state index contributed by atoms with van der Waals surface area (Å²) in [7, 11) is 2.58. The van der Waals surface area contributed by atoms with Crippen molar-refractivity contribution in [3.63, 3.8) is 0 Å². The lowest BCUT2D eigenvalue weighted by Gasteiger charge is -2.36. The summed E-state index contributed by atoms with van der Waals surface area (Å²) in [6, 6.07) is 4.27. The number of thiocarbonyl (C=S) groups is 1. The fourth-order valence-electron chi connectivity index (χ4n) is 4.30. The van der Waals surface area contributed by atoms with E-state index in [1.54, 1.807) is 24.3 Å². The Bertz CT molecular complexity index is 1040. The predicted octanol–water partition coefficient (Wildman–Crippen LogP) is 1.02. The number of benzene rings is 1. The zero-order valence-corrected chi connectivity index (χ0v) is 23.0. The number of methoxy groups -OCH3 is 1. The minimum absolute atomic E-state index is 0.0266. The van der Waals surface area contributed by atoms with Crippen molar-refractivity contribution in [1.82, 2.24) is 15.1 Å². The van der Waals surface area contributed by atoms with Gasteiger partial charge in [0, 0.05) is 24.9 Å². The van der Waals surface area contributed by atoms with E-state index in [0.717, 1.165) is 9.80 Å². The second-order valence-corrected chi connectivity index (χ2v) is 10.0. The first kappa shape index (κ1) is 31.0. The Hall–Kier alpha value is -3.22. The molecule has 0 aliphatic carbocycles. The number of nitrogens with zero attached hydrogens (tertiary/aromatic N) is 2. The molecule has 4 amide bonds. The molecule has 1 aliphatic rings. The molecule has 1 aromatic rings. The topological polar surface area (TPSA) is 159 Å². The van der Waals surface area contributed by atoms with E-state index in [1.807, 2.05) is 13.8 Å². The molecule has 0 aromatic heterocycles. The summed E-state index contributed by atoms with van der Waals surface area (Å²) < 4.78 is 4.66. The lowest BCUT2D eigenvalue weighted by atomic mass is 10.00. The highest BCUT2D eigenvalue weighted by atomic mass is 32.1. The van der Waals surface area contributed by atoms with Gasteiger partial charge in [0.1, 0.15) is 6.04 Å². The van der Waals surface area contributed by atoms with Crippen LogP contribution in [0.5, 0.6) is 0 Å². The summed E-state index contributed by atoms with van der Waals surface area (Å²) in [4.78, 5) is 65.2. The second kappa shape index (κ2) is 14.1. The Morgan fingerprint density at radius 3 is 2.21 bits per heavy atom. The van der Waals surface area contributed by atoms with Gasteiger partial charge in [0.25, 0.3) is 11.8 Å². The maximum Gasteiger partial charge on any atom is 0.305 e. The maximum atomic E-state index is 13.4. The molecule has 0 fully saturated rings. The molecule has 1 heterocycles. The molecule has 1 aliphatic heterocycles. The van der Waals surface area contributed by atoms with E-state index >= 15 is 0 Å². The predicted molar refractivity (Wildman–Crippen MR) is 143 cm³/mol. The van der Waals surface area contributed by atoms with Gasteiger partial charge >= 0.3 is 5.97 Å². The SMILES string of the molecule is CNC(=O)[C@H](CCC(=O)OC)N(C(=O)[C@@H](N)CC(C)C)C(O)C(=S)CCCN1C(=O)c2ccccc2C1=O. The number of nitrogens with one attached hydrogen (secondary N) is 1. The van der Waals surface area contributed by atoms with Gasteiger partial charge in [-0.25, -0.2) is 0 Å². The molecule has 4 N–H and O–H groups in total. The van der Waals surface area contributed by atoms with Crippen LogP contribution in [0.4, 0.5) is 0 Å².